The zero-order valence-electron chi connectivity index (χ0n) is 14.0. The minimum Gasteiger partial charge on any atom is -0.393 e. The number of nitrogens with one attached hydrogen (secondary N) is 2. The number of hydrogen-bond acceptors (Lipinski definition) is 6. The third-order valence-electron chi connectivity index (χ3n) is 4.34. The van der Waals surface area contributed by atoms with Gasteiger partial charge in [-0.05, 0) is 50.5 Å². The molecule has 1 aromatic carbocycles. The van der Waals surface area contributed by atoms with Crippen LogP contribution in [0.3, 0.4) is 0 Å². The summed E-state index contributed by atoms with van der Waals surface area (Å²) in [6.07, 6.45) is 4.89. The van der Waals surface area contributed by atoms with Gasteiger partial charge in [-0.3, -0.25) is 15.6 Å². The van der Waals surface area contributed by atoms with E-state index >= 15 is 0 Å². The lowest BCUT2D eigenvalue weighted by molar-refractivity contribution is 0.0962. The van der Waals surface area contributed by atoms with Crippen molar-refractivity contribution >= 4 is 34.8 Å². The molecule has 8 heteroatoms. The van der Waals surface area contributed by atoms with E-state index in [0.717, 1.165) is 19.4 Å². The summed E-state index contributed by atoms with van der Waals surface area (Å²) in [5.41, 5.74) is 12.5. The number of piperidine rings is 1. The zero-order chi connectivity index (χ0) is 17.8. The first-order valence-corrected chi connectivity index (χ1v) is 8.63. The van der Waals surface area contributed by atoms with Gasteiger partial charge in [-0.25, -0.2) is 9.97 Å². The molecule has 132 valence electrons. The van der Waals surface area contributed by atoms with Gasteiger partial charge in [-0.1, -0.05) is 11.6 Å². The quantitative estimate of drug-likeness (QED) is 0.725. The summed E-state index contributed by atoms with van der Waals surface area (Å²) < 4.78 is 0. The number of hydrogen-bond donors (Lipinski definition) is 3. The fourth-order valence-corrected chi connectivity index (χ4v) is 3.04. The summed E-state index contributed by atoms with van der Waals surface area (Å²) in [4.78, 5) is 22.8. The van der Waals surface area contributed by atoms with Crippen molar-refractivity contribution in [2.24, 2.45) is 0 Å². The molecule has 1 unspecified atom stereocenters. The first-order chi connectivity index (χ1) is 12.1. The zero-order valence-corrected chi connectivity index (χ0v) is 14.8. The lowest BCUT2D eigenvalue weighted by atomic mass is 10.0. The van der Waals surface area contributed by atoms with Crippen LogP contribution in [-0.4, -0.2) is 28.5 Å². The number of nitrogen functional groups attached to an aromatic ring is 1. The molecule has 1 amide bonds. The normalized spacial score (nSPS) is 17.2. The average Bonchev–Trinajstić information content (AvgIpc) is 2.62. The Balaban J connectivity index is 1.71. The molecule has 0 bridgehead atoms. The van der Waals surface area contributed by atoms with E-state index in [9.17, 15) is 4.79 Å². The molecule has 1 fully saturated rings. The van der Waals surface area contributed by atoms with Gasteiger partial charge in [-0.2, -0.15) is 0 Å². The largest absolute Gasteiger partial charge is 0.393 e. The molecule has 1 saturated heterocycles. The van der Waals surface area contributed by atoms with Crippen molar-refractivity contribution in [3.05, 3.63) is 41.2 Å². The molecule has 0 spiro atoms. The lowest BCUT2D eigenvalue weighted by Gasteiger charge is -2.35. The molecule has 7 nitrogen and oxygen atoms in total. The number of benzene rings is 1. The number of amides is 1. The molecule has 1 atom stereocenters. The lowest BCUT2D eigenvalue weighted by Crippen LogP contribution is -2.39. The van der Waals surface area contributed by atoms with E-state index in [0.29, 0.717) is 34.0 Å². The molecule has 2 aromatic rings. The van der Waals surface area contributed by atoms with Crippen LogP contribution < -0.4 is 21.5 Å². The van der Waals surface area contributed by atoms with Gasteiger partial charge < -0.3 is 10.6 Å². The Kier molecular flexibility index (Phi) is 5.23. The molecule has 2 heterocycles. The number of carbonyl (C=O) groups excluding carboxylic acids is 1. The van der Waals surface area contributed by atoms with Crippen LogP contribution in [0.1, 0.15) is 36.5 Å². The summed E-state index contributed by atoms with van der Waals surface area (Å²) in [7, 11) is 0. The Morgan fingerprint density at radius 1 is 1.28 bits per heavy atom. The van der Waals surface area contributed by atoms with Crippen molar-refractivity contribution in [2.75, 3.05) is 22.6 Å². The fourth-order valence-electron chi connectivity index (χ4n) is 2.92. The van der Waals surface area contributed by atoms with Crippen molar-refractivity contribution in [3.8, 4) is 0 Å². The van der Waals surface area contributed by atoms with Crippen LogP contribution in [0.4, 0.5) is 17.3 Å². The van der Waals surface area contributed by atoms with Crippen LogP contribution in [0.25, 0.3) is 0 Å². The molecule has 0 aliphatic carbocycles. The molecule has 1 aliphatic rings. The van der Waals surface area contributed by atoms with Crippen LogP contribution in [0, 0.1) is 0 Å². The number of nitrogens with zero attached hydrogens (tertiary/aromatic N) is 3. The van der Waals surface area contributed by atoms with E-state index in [1.54, 1.807) is 24.3 Å². The van der Waals surface area contributed by atoms with Crippen molar-refractivity contribution < 1.29 is 4.79 Å². The highest BCUT2D eigenvalue weighted by Gasteiger charge is 2.23. The number of anilines is 3. The standard InChI is InChI=1S/C17H21ClN6O/c1-11-4-2-3-9-24(11)16-14(19)15(20-10-21-16)22-23-17(25)12-5-7-13(18)8-6-12/h5-8,10-11H,2-4,9,19H2,1H3,(H,23,25)(H,20,21,22). The minimum atomic E-state index is -0.303. The number of aromatic nitrogens is 2. The van der Waals surface area contributed by atoms with Gasteiger partial charge in [0, 0.05) is 23.2 Å². The van der Waals surface area contributed by atoms with E-state index in [1.807, 2.05) is 0 Å². The summed E-state index contributed by atoms with van der Waals surface area (Å²) in [5.74, 6) is 0.776. The van der Waals surface area contributed by atoms with Crippen LogP contribution >= 0.6 is 11.6 Å². The fraction of sp³-hybridized carbons (Fsp3) is 0.353. The molecule has 0 saturated carbocycles. The first kappa shape index (κ1) is 17.3. The maximum atomic E-state index is 12.2. The monoisotopic (exact) mass is 360 g/mol. The summed E-state index contributed by atoms with van der Waals surface area (Å²) in [5, 5.41) is 0.574. The van der Waals surface area contributed by atoms with Crippen molar-refractivity contribution in [1.29, 1.82) is 0 Å². The van der Waals surface area contributed by atoms with Gasteiger partial charge in [0.2, 0.25) is 0 Å². The van der Waals surface area contributed by atoms with Crippen LogP contribution in [0.15, 0.2) is 30.6 Å². The van der Waals surface area contributed by atoms with E-state index < -0.39 is 0 Å². The second-order valence-corrected chi connectivity index (χ2v) is 6.52. The van der Waals surface area contributed by atoms with Crippen molar-refractivity contribution in [2.45, 2.75) is 32.2 Å². The highest BCUT2D eigenvalue weighted by Crippen LogP contribution is 2.30. The molecule has 0 radical (unpaired) electrons. The highest BCUT2D eigenvalue weighted by atomic mass is 35.5. The summed E-state index contributed by atoms with van der Waals surface area (Å²) >= 11 is 5.83. The Bertz CT molecular complexity index is 751. The summed E-state index contributed by atoms with van der Waals surface area (Å²) in [6.45, 7) is 3.08. The summed E-state index contributed by atoms with van der Waals surface area (Å²) in [6, 6.07) is 6.98. The second-order valence-electron chi connectivity index (χ2n) is 6.08. The Morgan fingerprint density at radius 3 is 2.76 bits per heavy atom. The third-order valence-corrected chi connectivity index (χ3v) is 4.59. The number of nitrogens with two attached hydrogens (primary N) is 1. The molecular weight excluding hydrogens is 340 g/mol. The molecule has 1 aromatic heterocycles. The molecule has 25 heavy (non-hydrogen) atoms. The SMILES string of the molecule is CC1CCCCN1c1ncnc(NNC(=O)c2ccc(Cl)cc2)c1N. The topological polar surface area (TPSA) is 96.2 Å². The van der Waals surface area contributed by atoms with Gasteiger partial charge >= 0.3 is 0 Å². The number of hydrazine groups is 1. The first-order valence-electron chi connectivity index (χ1n) is 8.25. The Labute approximate surface area is 151 Å². The number of carbonyl (C=O) groups is 1. The van der Waals surface area contributed by atoms with E-state index in [-0.39, 0.29) is 5.91 Å². The van der Waals surface area contributed by atoms with Gasteiger partial charge in [0.1, 0.15) is 12.0 Å². The third kappa shape index (κ3) is 3.93. The number of rotatable bonds is 4. The molecule has 3 rings (SSSR count). The van der Waals surface area contributed by atoms with Gasteiger partial charge in [-0.15, -0.1) is 0 Å². The predicted octanol–water partition coefficient (Wildman–Crippen LogP) is 2.85. The van der Waals surface area contributed by atoms with Crippen LogP contribution in [-0.2, 0) is 0 Å². The maximum Gasteiger partial charge on any atom is 0.269 e. The van der Waals surface area contributed by atoms with Gasteiger partial charge in [0.25, 0.3) is 5.91 Å². The molecule has 1 aliphatic heterocycles. The van der Waals surface area contributed by atoms with Crippen molar-refractivity contribution in [3.63, 3.8) is 0 Å². The maximum absolute atomic E-state index is 12.2. The second kappa shape index (κ2) is 7.57. The highest BCUT2D eigenvalue weighted by molar-refractivity contribution is 6.30. The Morgan fingerprint density at radius 2 is 2.04 bits per heavy atom. The molecule has 4 N–H and O–H groups in total. The smallest absolute Gasteiger partial charge is 0.269 e. The van der Waals surface area contributed by atoms with Crippen LogP contribution in [0.5, 0.6) is 0 Å². The predicted molar refractivity (Wildman–Crippen MR) is 99.6 cm³/mol. The van der Waals surface area contributed by atoms with E-state index in [1.165, 1.54) is 12.7 Å². The molecular formula is C17H21ClN6O. The van der Waals surface area contributed by atoms with Crippen LogP contribution in [0.2, 0.25) is 5.02 Å². The number of halogens is 1. The van der Waals surface area contributed by atoms with Gasteiger partial charge in [0.05, 0.1) is 0 Å². The van der Waals surface area contributed by atoms with Gasteiger partial charge in [0.15, 0.2) is 11.6 Å². The Hall–Kier alpha value is -2.54. The minimum absolute atomic E-state index is 0.303. The average molecular weight is 361 g/mol. The van der Waals surface area contributed by atoms with E-state index in [2.05, 4.69) is 32.6 Å². The van der Waals surface area contributed by atoms with Crippen molar-refractivity contribution in [1.82, 2.24) is 15.4 Å². The van der Waals surface area contributed by atoms with E-state index in [4.69, 9.17) is 17.3 Å².